The molecular formula is C16H25NO2. The number of hydrogen-bond donors (Lipinski definition) is 0. The molecule has 0 spiro atoms. The fourth-order valence-electron chi connectivity index (χ4n) is 2.00. The number of rotatable bonds is 4. The van der Waals surface area contributed by atoms with Crippen LogP contribution in [0.3, 0.4) is 0 Å². The van der Waals surface area contributed by atoms with E-state index < -0.39 is 5.60 Å². The highest BCUT2D eigenvalue weighted by Gasteiger charge is 2.26. The fraction of sp³-hybridized carbons (Fsp3) is 0.562. The average molecular weight is 263 g/mol. The molecule has 1 aromatic rings. The Labute approximate surface area is 116 Å². The van der Waals surface area contributed by atoms with Crippen molar-refractivity contribution in [2.24, 2.45) is 0 Å². The molecule has 0 N–H and O–H groups in total. The van der Waals surface area contributed by atoms with Crippen LogP contribution in [0.2, 0.25) is 0 Å². The summed E-state index contributed by atoms with van der Waals surface area (Å²) in [5, 5.41) is 0. The molecule has 19 heavy (non-hydrogen) atoms. The van der Waals surface area contributed by atoms with Crippen molar-refractivity contribution in [3.63, 3.8) is 0 Å². The van der Waals surface area contributed by atoms with Crippen molar-refractivity contribution in [1.29, 1.82) is 0 Å². The Morgan fingerprint density at radius 1 is 1.37 bits per heavy atom. The largest absolute Gasteiger partial charge is 0.458 e. The summed E-state index contributed by atoms with van der Waals surface area (Å²) in [6.07, 6.45) is 0. The van der Waals surface area contributed by atoms with Crippen LogP contribution in [-0.4, -0.2) is 24.2 Å². The number of benzene rings is 1. The van der Waals surface area contributed by atoms with E-state index in [0.717, 1.165) is 12.2 Å². The summed E-state index contributed by atoms with van der Waals surface area (Å²) in [4.78, 5) is 14.2. The fourth-order valence-corrected chi connectivity index (χ4v) is 2.00. The molecule has 0 amide bonds. The van der Waals surface area contributed by atoms with Crippen molar-refractivity contribution < 1.29 is 9.53 Å². The maximum atomic E-state index is 12.2. The van der Waals surface area contributed by atoms with Crippen LogP contribution in [0.5, 0.6) is 0 Å². The van der Waals surface area contributed by atoms with E-state index >= 15 is 0 Å². The van der Waals surface area contributed by atoms with Crippen LogP contribution >= 0.6 is 0 Å². The molecule has 0 heterocycles. The Bertz CT molecular complexity index is 435. The van der Waals surface area contributed by atoms with Gasteiger partial charge in [0, 0.05) is 12.2 Å². The van der Waals surface area contributed by atoms with Crippen LogP contribution < -0.4 is 4.90 Å². The number of hydrogen-bond acceptors (Lipinski definition) is 3. The Balaban J connectivity index is 2.88. The first-order valence-corrected chi connectivity index (χ1v) is 6.80. The molecule has 0 radical (unpaired) electrons. The SMILES string of the molecule is CCN(c1cccc(C)c1)C(C)C(=O)OC(C)(C)C. The summed E-state index contributed by atoms with van der Waals surface area (Å²) >= 11 is 0. The van der Waals surface area contributed by atoms with E-state index in [1.54, 1.807) is 0 Å². The molecule has 106 valence electrons. The van der Waals surface area contributed by atoms with Crippen LogP contribution in [-0.2, 0) is 9.53 Å². The standard InChI is InChI=1S/C16H25NO2/c1-7-17(14-10-8-9-12(2)11-14)13(3)15(18)19-16(4,5)6/h8-11,13H,7H2,1-6H3. The van der Waals surface area contributed by atoms with Gasteiger partial charge in [0.15, 0.2) is 0 Å². The quantitative estimate of drug-likeness (QED) is 0.778. The Morgan fingerprint density at radius 2 is 2.00 bits per heavy atom. The predicted octanol–water partition coefficient (Wildman–Crippen LogP) is 3.55. The number of likely N-dealkylation sites (N-methyl/N-ethyl adjacent to an activating group) is 1. The van der Waals surface area contributed by atoms with Gasteiger partial charge in [0.25, 0.3) is 0 Å². The lowest BCUT2D eigenvalue weighted by Crippen LogP contribution is -2.42. The van der Waals surface area contributed by atoms with Crippen molar-refractivity contribution in [1.82, 2.24) is 0 Å². The van der Waals surface area contributed by atoms with Crippen molar-refractivity contribution in [3.8, 4) is 0 Å². The van der Waals surface area contributed by atoms with E-state index in [0.29, 0.717) is 0 Å². The van der Waals surface area contributed by atoms with E-state index in [-0.39, 0.29) is 12.0 Å². The van der Waals surface area contributed by atoms with Gasteiger partial charge < -0.3 is 9.64 Å². The zero-order valence-electron chi connectivity index (χ0n) is 12.9. The van der Waals surface area contributed by atoms with E-state index in [4.69, 9.17) is 4.74 Å². The van der Waals surface area contributed by atoms with Crippen LogP contribution in [0.1, 0.15) is 40.2 Å². The molecule has 0 aliphatic carbocycles. The third-order valence-electron chi connectivity index (χ3n) is 2.89. The van der Waals surface area contributed by atoms with Gasteiger partial charge >= 0.3 is 5.97 Å². The van der Waals surface area contributed by atoms with E-state index in [9.17, 15) is 4.79 Å². The topological polar surface area (TPSA) is 29.5 Å². The summed E-state index contributed by atoms with van der Waals surface area (Å²) in [5.41, 5.74) is 1.80. The highest BCUT2D eigenvalue weighted by atomic mass is 16.6. The van der Waals surface area contributed by atoms with Gasteiger partial charge in [-0.15, -0.1) is 0 Å². The summed E-state index contributed by atoms with van der Waals surface area (Å²) in [6.45, 7) is 12.4. The van der Waals surface area contributed by atoms with Crippen molar-refractivity contribution in [3.05, 3.63) is 29.8 Å². The average Bonchev–Trinajstić information content (AvgIpc) is 2.27. The molecule has 3 heteroatoms. The van der Waals surface area contributed by atoms with Gasteiger partial charge in [-0.2, -0.15) is 0 Å². The predicted molar refractivity (Wildman–Crippen MR) is 79.5 cm³/mol. The van der Waals surface area contributed by atoms with Gasteiger partial charge in [0.05, 0.1) is 0 Å². The second-order valence-electron chi connectivity index (χ2n) is 5.83. The lowest BCUT2D eigenvalue weighted by Gasteiger charge is -2.31. The van der Waals surface area contributed by atoms with Gasteiger partial charge in [-0.05, 0) is 59.2 Å². The molecule has 1 rings (SSSR count). The maximum Gasteiger partial charge on any atom is 0.328 e. The zero-order chi connectivity index (χ0) is 14.6. The van der Waals surface area contributed by atoms with Gasteiger partial charge in [-0.1, -0.05) is 12.1 Å². The van der Waals surface area contributed by atoms with Gasteiger partial charge in [-0.25, -0.2) is 4.79 Å². The number of esters is 1. The summed E-state index contributed by atoms with van der Waals surface area (Å²) in [7, 11) is 0. The number of aryl methyl sites for hydroxylation is 1. The van der Waals surface area contributed by atoms with Crippen LogP contribution in [0.15, 0.2) is 24.3 Å². The highest BCUT2D eigenvalue weighted by molar-refractivity contribution is 5.80. The Hall–Kier alpha value is -1.51. The first-order chi connectivity index (χ1) is 8.74. The first kappa shape index (κ1) is 15.5. The lowest BCUT2D eigenvalue weighted by molar-refractivity contribution is -0.156. The molecule has 0 saturated carbocycles. The molecular weight excluding hydrogens is 238 g/mol. The van der Waals surface area contributed by atoms with Crippen LogP contribution in [0.25, 0.3) is 0 Å². The first-order valence-electron chi connectivity index (χ1n) is 6.80. The van der Waals surface area contributed by atoms with Crippen LogP contribution in [0.4, 0.5) is 5.69 Å². The third kappa shape index (κ3) is 4.58. The monoisotopic (exact) mass is 263 g/mol. The summed E-state index contributed by atoms with van der Waals surface area (Å²) in [6, 6.07) is 7.89. The molecule has 1 aromatic carbocycles. The molecule has 1 atom stereocenters. The molecule has 0 bridgehead atoms. The number of carbonyl (C=O) groups excluding carboxylic acids is 1. The lowest BCUT2D eigenvalue weighted by atomic mass is 10.1. The molecule has 0 aliphatic rings. The van der Waals surface area contributed by atoms with Crippen molar-refractivity contribution >= 4 is 11.7 Å². The third-order valence-corrected chi connectivity index (χ3v) is 2.89. The highest BCUT2D eigenvalue weighted by Crippen LogP contribution is 2.20. The number of anilines is 1. The maximum absolute atomic E-state index is 12.2. The van der Waals surface area contributed by atoms with E-state index in [1.807, 2.05) is 46.8 Å². The number of ether oxygens (including phenoxy) is 1. The minimum Gasteiger partial charge on any atom is -0.458 e. The van der Waals surface area contributed by atoms with Gasteiger partial charge in [-0.3, -0.25) is 0 Å². The molecule has 0 saturated heterocycles. The second kappa shape index (κ2) is 6.09. The zero-order valence-corrected chi connectivity index (χ0v) is 12.9. The minimum absolute atomic E-state index is 0.184. The molecule has 0 aromatic heterocycles. The number of nitrogens with zero attached hydrogens (tertiary/aromatic N) is 1. The van der Waals surface area contributed by atoms with Crippen molar-refractivity contribution in [2.45, 2.75) is 53.2 Å². The van der Waals surface area contributed by atoms with Gasteiger partial charge in [0.1, 0.15) is 11.6 Å². The molecule has 1 unspecified atom stereocenters. The minimum atomic E-state index is -0.447. The Morgan fingerprint density at radius 3 is 2.47 bits per heavy atom. The Kier molecular flexibility index (Phi) is 4.98. The van der Waals surface area contributed by atoms with E-state index in [1.165, 1.54) is 5.56 Å². The summed E-state index contributed by atoms with van der Waals surface area (Å²) < 4.78 is 5.45. The summed E-state index contributed by atoms with van der Waals surface area (Å²) in [5.74, 6) is -0.184. The normalized spacial score (nSPS) is 12.9. The van der Waals surface area contributed by atoms with Crippen LogP contribution in [0, 0.1) is 6.92 Å². The molecule has 3 nitrogen and oxygen atoms in total. The molecule has 0 aliphatic heterocycles. The number of carbonyl (C=O) groups is 1. The van der Waals surface area contributed by atoms with Crippen molar-refractivity contribution in [2.75, 3.05) is 11.4 Å². The smallest absolute Gasteiger partial charge is 0.328 e. The second-order valence-corrected chi connectivity index (χ2v) is 5.83. The molecule has 0 fully saturated rings. The van der Waals surface area contributed by atoms with E-state index in [2.05, 4.69) is 24.0 Å². The van der Waals surface area contributed by atoms with Gasteiger partial charge in [0.2, 0.25) is 0 Å².